The summed E-state index contributed by atoms with van der Waals surface area (Å²) in [5.74, 6) is -0.0285. The third-order valence-corrected chi connectivity index (χ3v) is 6.15. The van der Waals surface area contributed by atoms with Crippen LogP contribution in [0.2, 0.25) is 5.02 Å². The van der Waals surface area contributed by atoms with Crippen molar-refractivity contribution in [3.8, 4) is 0 Å². The lowest BCUT2D eigenvalue weighted by Gasteiger charge is -2.17. The molecule has 4 rings (SSSR count). The minimum absolute atomic E-state index is 0.0285. The number of rotatable bonds is 6. The van der Waals surface area contributed by atoms with E-state index in [2.05, 4.69) is 10.3 Å². The molecule has 0 saturated heterocycles. The highest BCUT2D eigenvalue weighted by molar-refractivity contribution is 8.00. The first-order valence-electron chi connectivity index (χ1n) is 9.23. The van der Waals surface area contributed by atoms with E-state index in [0.717, 1.165) is 18.4 Å². The van der Waals surface area contributed by atoms with Gasteiger partial charge in [-0.25, -0.2) is 4.98 Å². The quantitative estimate of drug-likeness (QED) is 0.492. The zero-order valence-corrected chi connectivity index (χ0v) is 17.0. The Kier molecular flexibility index (Phi) is 5.42. The van der Waals surface area contributed by atoms with Crippen LogP contribution in [0.25, 0.3) is 10.9 Å². The van der Waals surface area contributed by atoms with Gasteiger partial charge in [-0.1, -0.05) is 53.7 Å². The summed E-state index contributed by atoms with van der Waals surface area (Å²) in [6, 6.07) is 15.0. The molecule has 3 aromatic rings. The van der Waals surface area contributed by atoms with Crippen LogP contribution in [0.3, 0.4) is 0 Å². The monoisotopic (exact) mass is 413 g/mol. The molecule has 1 aromatic heterocycles. The SMILES string of the molecule is C[C@H](Sc1nc2ccccc2c(=O)n1Cc1ccccc1Cl)C(=O)NC1CC1. The Morgan fingerprint density at radius 2 is 1.96 bits per heavy atom. The molecule has 1 saturated carbocycles. The summed E-state index contributed by atoms with van der Waals surface area (Å²) < 4.78 is 1.61. The highest BCUT2D eigenvalue weighted by atomic mass is 35.5. The van der Waals surface area contributed by atoms with E-state index in [0.29, 0.717) is 33.7 Å². The van der Waals surface area contributed by atoms with Gasteiger partial charge >= 0.3 is 0 Å². The van der Waals surface area contributed by atoms with E-state index in [4.69, 9.17) is 11.6 Å². The average Bonchev–Trinajstić information content (AvgIpc) is 3.50. The minimum Gasteiger partial charge on any atom is -0.352 e. The van der Waals surface area contributed by atoms with Crippen LogP contribution in [0.4, 0.5) is 0 Å². The highest BCUT2D eigenvalue weighted by Crippen LogP contribution is 2.26. The van der Waals surface area contributed by atoms with Crippen LogP contribution in [0.15, 0.2) is 58.5 Å². The summed E-state index contributed by atoms with van der Waals surface area (Å²) in [7, 11) is 0. The fourth-order valence-electron chi connectivity index (χ4n) is 2.93. The number of hydrogen-bond donors (Lipinski definition) is 1. The van der Waals surface area contributed by atoms with Crippen LogP contribution < -0.4 is 10.9 Å². The predicted octanol–water partition coefficient (Wildman–Crippen LogP) is 3.86. The second kappa shape index (κ2) is 7.97. The van der Waals surface area contributed by atoms with Gasteiger partial charge in [-0.2, -0.15) is 0 Å². The zero-order chi connectivity index (χ0) is 19.7. The van der Waals surface area contributed by atoms with Crippen molar-refractivity contribution in [2.45, 2.75) is 42.8 Å². The summed E-state index contributed by atoms with van der Waals surface area (Å²) in [6.45, 7) is 2.14. The van der Waals surface area contributed by atoms with Crippen molar-refractivity contribution in [2.75, 3.05) is 0 Å². The summed E-state index contributed by atoms with van der Waals surface area (Å²) in [5, 5.41) is 4.31. The molecule has 1 amide bonds. The van der Waals surface area contributed by atoms with Gasteiger partial charge in [-0.05, 0) is 43.5 Å². The van der Waals surface area contributed by atoms with Crippen molar-refractivity contribution in [1.29, 1.82) is 0 Å². The van der Waals surface area contributed by atoms with Crippen LogP contribution >= 0.6 is 23.4 Å². The molecule has 0 aliphatic heterocycles. The van der Waals surface area contributed by atoms with Crippen LogP contribution in [-0.4, -0.2) is 26.8 Å². The Balaban J connectivity index is 1.73. The van der Waals surface area contributed by atoms with Gasteiger partial charge in [0, 0.05) is 11.1 Å². The van der Waals surface area contributed by atoms with E-state index in [-0.39, 0.29) is 16.7 Å². The first kappa shape index (κ1) is 19.0. The third kappa shape index (κ3) is 4.08. The molecule has 1 aliphatic rings. The van der Waals surface area contributed by atoms with Crippen LogP contribution in [0.1, 0.15) is 25.3 Å². The number of carbonyl (C=O) groups excluding carboxylic acids is 1. The first-order chi connectivity index (χ1) is 13.5. The molecule has 7 heteroatoms. The van der Waals surface area contributed by atoms with Gasteiger partial charge in [0.2, 0.25) is 5.91 Å². The molecule has 28 heavy (non-hydrogen) atoms. The molecule has 1 heterocycles. The maximum absolute atomic E-state index is 13.2. The molecule has 1 N–H and O–H groups in total. The lowest BCUT2D eigenvalue weighted by molar-refractivity contribution is -0.120. The standard InChI is InChI=1S/C21H20ClN3O2S/c1-13(19(26)23-15-10-11-15)28-21-24-18-9-5-3-7-16(18)20(27)25(21)12-14-6-2-4-8-17(14)22/h2-9,13,15H,10-12H2,1H3,(H,23,26)/t13-/m0/s1. The molecule has 5 nitrogen and oxygen atoms in total. The third-order valence-electron chi connectivity index (χ3n) is 4.69. The molecular weight excluding hydrogens is 394 g/mol. The van der Waals surface area contributed by atoms with E-state index in [9.17, 15) is 9.59 Å². The molecule has 1 fully saturated rings. The van der Waals surface area contributed by atoms with E-state index in [1.165, 1.54) is 11.8 Å². The average molecular weight is 414 g/mol. The van der Waals surface area contributed by atoms with Crippen molar-refractivity contribution in [3.63, 3.8) is 0 Å². The largest absolute Gasteiger partial charge is 0.352 e. The van der Waals surface area contributed by atoms with Crippen molar-refractivity contribution in [3.05, 3.63) is 69.5 Å². The molecule has 1 aliphatic carbocycles. The van der Waals surface area contributed by atoms with Crippen LogP contribution in [0, 0.1) is 0 Å². The topological polar surface area (TPSA) is 64.0 Å². The van der Waals surface area contributed by atoms with Crippen molar-refractivity contribution in [2.24, 2.45) is 0 Å². The molecule has 0 radical (unpaired) electrons. The Morgan fingerprint density at radius 3 is 2.71 bits per heavy atom. The number of benzene rings is 2. The van der Waals surface area contributed by atoms with Gasteiger partial charge in [0.25, 0.3) is 5.56 Å². The number of carbonyl (C=O) groups is 1. The van der Waals surface area contributed by atoms with Crippen LogP contribution in [0.5, 0.6) is 0 Å². The molecule has 0 bridgehead atoms. The molecule has 2 aromatic carbocycles. The van der Waals surface area contributed by atoms with E-state index in [1.807, 2.05) is 43.3 Å². The van der Waals surface area contributed by atoms with Crippen molar-refractivity contribution in [1.82, 2.24) is 14.9 Å². The second-order valence-electron chi connectivity index (χ2n) is 6.94. The fourth-order valence-corrected chi connectivity index (χ4v) is 4.04. The van der Waals surface area contributed by atoms with Crippen molar-refractivity contribution >= 4 is 40.2 Å². The molecule has 0 spiro atoms. The fraction of sp³-hybridized carbons (Fsp3) is 0.286. The van der Waals surface area contributed by atoms with Gasteiger partial charge in [0.05, 0.1) is 22.7 Å². The number of aromatic nitrogens is 2. The summed E-state index contributed by atoms with van der Waals surface area (Å²) in [5.41, 5.74) is 1.32. The zero-order valence-electron chi connectivity index (χ0n) is 15.4. The normalized spacial score (nSPS) is 14.8. The van der Waals surface area contributed by atoms with Gasteiger partial charge in [0.1, 0.15) is 0 Å². The Hall–Kier alpha value is -2.31. The highest BCUT2D eigenvalue weighted by Gasteiger charge is 2.27. The summed E-state index contributed by atoms with van der Waals surface area (Å²) >= 11 is 7.61. The molecule has 1 atom stereocenters. The second-order valence-corrected chi connectivity index (χ2v) is 8.65. The summed E-state index contributed by atoms with van der Waals surface area (Å²) in [6.07, 6.45) is 2.07. The smallest absolute Gasteiger partial charge is 0.262 e. The maximum atomic E-state index is 13.2. The number of fused-ring (bicyclic) bond motifs is 1. The van der Waals surface area contributed by atoms with Crippen molar-refractivity contribution < 1.29 is 4.79 Å². The van der Waals surface area contributed by atoms with Crippen LogP contribution in [-0.2, 0) is 11.3 Å². The van der Waals surface area contributed by atoms with E-state index < -0.39 is 0 Å². The number of nitrogens with one attached hydrogen (secondary N) is 1. The van der Waals surface area contributed by atoms with Gasteiger partial charge < -0.3 is 5.32 Å². The number of hydrogen-bond acceptors (Lipinski definition) is 4. The number of nitrogens with zero attached hydrogens (tertiary/aromatic N) is 2. The molecular formula is C21H20ClN3O2S. The van der Waals surface area contributed by atoms with E-state index in [1.54, 1.807) is 16.7 Å². The van der Waals surface area contributed by atoms with Gasteiger partial charge in [-0.3, -0.25) is 14.2 Å². The molecule has 144 valence electrons. The Labute approximate surface area is 172 Å². The first-order valence-corrected chi connectivity index (χ1v) is 10.5. The van der Waals surface area contributed by atoms with E-state index >= 15 is 0 Å². The lowest BCUT2D eigenvalue weighted by atomic mass is 10.2. The lowest BCUT2D eigenvalue weighted by Crippen LogP contribution is -2.33. The summed E-state index contributed by atoms with van der Waals surface area (Å²) in [4.78, 5) is 30.3. The number of para-hydroxylation sites is 1. The minimum atomic E-state index is -0.355. The number of thioether (sulfide) groups is 1. The predicted molar refractivity (Wildman–Crippen MR) is 113 cm³/mol. The number of amides is 1. The van der Waals surface area contributed by atoms with Gasteiger partial charge in [0.15, 0.2) is 5.16 Å². The maximum Gasteiger partial charge on any atom is 0.262 e. The Bertz CT molecular complexity index is 1090. The molecule has 0 unspecified atom stereocenters. The number of halogens is 1. The Morgan fingerprint density at radius 1 is 1.25 bits per heavy atom. The van der Waals surface area contributed by atoms with Gasteiger partial charge in [-0.15, -0.1) is 0 Å².